The van der Waals surface area contributed by atoms with E-state index in [0.717, 1.165) is 11.4 Å². The molecule has 0 fully saturated rings. The van der Waals surface area contributed by atoms with Crippen molar-refractivity contribution in [2.24, 2.45) is 0 Å². The zero-order chi connectivity index (χ0) is 12.3. The molecule has 1 aromatic carbocycles. The van der Waals surface area contributed by atoms with Crippen LogP contribution in [-0.2, 0) is 6.42 Å². The zero-order valence-corrected chi connectivity index (χ0v) is 11.6. The third-order valence-electron chi connectivity index (χ3n) is 2.78. The van der Waals surface area contributed by atoms with Gasteiger partial charge in [-0.2, -0.15) is 0 Å². The smallest absolute Gasteiger partial charge is 0.0453 e. The van der Waals surface area contributed by atoms with Crippen molar-refractivity contribution in [3.05, 3.63) is 56.7 Å². The fourth-order valence-electron chi connectivity index (χ4n) is 1.89. The van der Waals surface area contributed by atoms with Crippen molar-refractivity contribution in [1.29, 1.82) is 0 Å². The Bertz CT molecular complexity index is 492. The molecule has 1 unspecified atom stereocenters. The quantitative estimate of drug-likeness (QED) is 0.873. The first-order chi connectivity index (χ1) is 8.19. The summed E-state index contributed by atoms with van der Waals surface area (Å²) in [6, 6.07) is 12.8. The SMILES string of the molecule is CNC(Cc1cccc(Cl)c1)c1ccc(C)s1. The predicted octanol–water partition coefficient (Wildman–Crippen LogP) is 4.21. The average molecular weight is 266 g/mol. The molecule has 90 valence electrons. The molecule has 17 heavy (non-hydrogen) atoms. The molecular weight excluding hydrogens is 250 g/mol. The van der Waals surface area contributed by atoms with E-state index in [4.69, 9.17) is 11.6 Å². The van der Waals surface area contributed by atoms with Gasteiger partial charge in [-0.3, -0.25) is 0 Å². The van der Waals surface area contributed by atoms with Gasteiger partial charge in [0.2, 0.25) is 0 Å². The van der Waals surface area contributed by atoms with Crippen molar-refractivity contribution in [2.75, 3.05) is 7.05 Å². The first-order valence-corrected chi connectivity index (χ1v) is 6.86. The van der Waals surface area contributed by atoms with Crippen LogP contribution in [0, 0.1) is 6.92 Å². The van der Waals surface area contributed by atoms with Crippen molar-refractivity contribution in [1.82, 2.24) is 5.32 Å². The second-order valence-corrected chi connectivity index (χ2v) is 5.88. The van der Waals surface area contributed by atoms with Gasteiger partial charge in [-0.05, 0) is 50.2 Å². The Labute approximate surface area is 111 Å². The standard InChI is InChI=1S/C14H16ClNS/c1-10-6-7-14(17-10)13(16-2)9-11-4-3-5-12(15)8-11/h3-8,13,16H,9H2,1-2H3. The molecule has 1 heterocycles. The summed E-state index contributed by atoms with van der Waals surface area (Å²) in [7, 11) is 2.00. The van der Waals surface area contributed by atoms with Crippen LogP contribution < -0.4 is 5.32 Å². The molecule has 0 aliphatic carbocycles. The molecule has 0 aliphatic rings. The highest BCUT2D eigenvalue weighted by molar-refractivity contribution is 7.12. The number of rotatable bonds is 4. The van der Waals surface area contributed by atoms with Crippen LogP contribution in [-0.4, -0.2) is 7.05 Å². The van der Waals surface area contributed by atoms with E-state index < -0.39 is 0 Å². The molecule has 0 radical (unpaired) electrons. The molecule has 0 saturated carbocycles. The molecule has 1 N–H and O–H groups in total. The van der Waals surface area contributed by atoms with Gasteiger partial charge in [0.25, 0.3) is 0 Å². The van der Waals surface area contributed by atoms with E-state index >= 15 is 0 Å². The van der Waals surface area contributed by atoms with Crippen LogP contribution in [0.15, 0.2) is 36.4 Å². The first kappa shape index (κ1) is 12.6. The average Bonchev–Trinajstić information content (AvgIpc) is 2.73. The topological polar surface area (TPSA) is 12.0 Å². The summed E-state index contributed by atoms with van der Waals surface area (Å²) in [5.41, 5.74) is 1.27. The highest BCUT2D eigenvalue weighted by Gasteiger charge is 2.12. The monoisotopic (exact) mass is 265 g/mol. The van der Waals surface area contributed by atoms with Gasteiger partial charge in [0.1, 0.15) is 0 Å². The van der Waals surface area contributed by atoms with Crippen molar-refractivity contribution in [3.63, 3.8) is 0 Å². The van der Waals surface area contributed by atoms with Crippen LogP contribution in [0.5, 0.6) is 0 Å². The lowest BCUT2D eigenvalue weighted by Crippen LogP contribution is -2.17. The normalized spacial score (nSPS) is 12.6. The Morgan fingerprint density at radius 1 is 1.29 bits per heavy atom. The molecule has 1 aromatic heterocycles. The van der Waals surface area contributed by atoms with Crippen LogP contribution >= 0.6 is 22.9 Å². The number of hydrogen-bond acceptors (Lipinski definition) is 2. The van der Waals surface area contributed by atoms with Crippen molar-refractivity contribution in [2.45, 2.75) is 19.4 Å². The van der Waals surface area contributed by atoms with E-state index in [1.165, 1.54) is 15.3 Å². The third kappa shape index (κ3) is 3.32. The van der Waals surface area contributed by atoms with E-state index in [1.54, 1.807) is 0 Å². The summed E-state index contributed by atoms with van der Waals surface area (Å²) in [5, 5.41) is 4.17. The van der Waals surface area contributed by atoms with Gasteiger partial charge in [0.05, 0.1) is 0 Å². The Morgan fingerprint density at radius 3 is 2.71 bits per heavy atom. The maximum Gasteiger partial charge on any atom is 0.0453 e. The van der Waals surface area contributed by atoms with E-state index in [-0.39, 0.29) is 0 Å². The maximum atomic E-state index is 6.00. The second-order valence-electron chi connectivity index (χ2n) is 4.12. The number of benzene rings is 1. The Morgan fingerprint density at radius 2 is 2.12 bits per heavy atom. The van der Waals surface area contributed by atoms with Gasteiger partial charge in [-0.1, -0.05) is 23.7 Å². The Hall–Kier alpha value is -0.830. The minimum absolute atomic E-state index is 0.368. The molecule has 0 saturated heterocycles. The van der Waals surface area contributed by atoms with Crippen molar-refractivity contribution in [3.8, 4) is 0 Å². The van der Waals surface area contributed by atoms with E-state index in [0.29, 0.717) is 6.04 Å². The first-order valence-electron chi connectivity index (χ1n) is 5.67. The number of thiophene rings is 1. The van der Waals surface area contributed by atoms with Crippen molar-refractivity contribution < 1.29 is 0 Å². The summed E-state index contributed by atoms with van der Waals surface area (Å²) in [4.78, 5) is 2.73. The molecule has 1 atom stereocenters. The zero-order valence-electron chi connectivity index (χ0n) is 10.0. The minimum Gasteiger partial charge on any atom is -0.312 e. The summed E-state index contributed by atoms with van der Waals surface area (Å²) < 4.78 is 0. The lowest BCUT2D eigenvalue weighted by molar-refractivity contribution is 0.602. The summed E-state index contributed by atoms with van der Waals surface area (Å²) in [5.74, 6) is 0. The lowest BCUT2D eigenvalue weighted by Gasteiger charge is -2.14. The van der Waals surface area contributed by atoms with Crippen LogP contribution in [0.25, 0.3) is 0 Å². The molecule has 0 bridgehead atoms. The van der Waals surface area contributed by atoms with Gasteiger partial charge in [-0.25, -0.2) is 0 Å². The number of aryl methyl sites for hydroxylation is 1. The van der Waals surface area contributed by atoms with Crippen LogP contribution in [0.1, 0.15) is 21.4 Å². The van der Waals surface area contributed by atoms with Crippen LogP contribution in [0.2, 0.25) is 5.02 Å². The third-order valence-corrected chi connectivity index (χ3v) is 4.13. The molecule has 3 heteroatoms. The molecule has 0 spiro atoms. The molecule has 0 amide bonds. The molecule has 0 aliphatic heterocycles. The van der Waals surface area contributed by atoms with E-state index in [2.05, 4.69) is 30.4 Å². The van der Waals surface area contributed by atoms with Gasteiger partial charge in [0, 0.05) is 20.8 Å². The predicted molar refractivity (Wildman–Crippen MR) is 76.0 cm³/mol. The van der Waals surface area contributed by atoms with Gasteiger partial charge >= 0.3 is 0 Å². The number of halogens is 1. The van der Waals surface area contributed by atoms with Gasteiger partial charge < -0.3 is 5.32 Å². The molecular formula is C14H16ClNS. The van der Waals surface area contributed by atoms with Gasteiger partial charge in [-0.15, -0.1) is 11.3 Å². The highest BCUT2D eigenvalue weighted by atomic mass is 35.5. The Balaban J connectivity index is 2.15. The lowest BCUT2D eigenvalue weighted by atomic mass is 10.0. The largest absolute Gasteiger partial charge is 0.312 e. The molecule has 1 nitrogen and oxygen atoms in total. The minimum atomic E-state index is 0.368. The van der Waals surface area contributed by atoms with Crippen LogP contribution in [0.4, 0.5) is 0 Å². The maximum absolute atomic E-state index is 6.00. The van der Waals surface area contributed by atoms with E-state index in [1.807, 2.05) is 36.6 Å². The fraction of sp³-hybridized carbons (Fsp3) is 0.286. The van der Waals surface area contributed by atoms with E-state index in [9.17, 15) is 0 Å². The van der Waals surface area contributed by atoms with Gasteiger partial charge in [0.15, 0.2) is 0 Å². The molecule has 2 rings (SSSR count). The van der Waals surface area contributed by atoms with Crippen molar-refractivity contribution >= 4 is 22.9 Å². The highest BCUT2D eigenvalue weighted by Crippen LogP contribution is 2.26. The number of likely N-dealkylation sites (N-methyl/N-ethyl adjacent to an activating group) is 1. The van der Waals surface area contributed by atoms with Crippen LogP contribution in [0.3, 0.4) is 0 Å². The fourth-order valence-corrected chi connectivity index (χ4v) is 3.09. The summed E-state index contributed by atoms with van der Waals surface area (Å²) in [6.07, 6.45) is 0.969. The summed E-state index contributed by atoms with van der Waals surface area (Å²) >= 11 is 7.85. The number of nitrogens with one attached hydrogen (secondary N) is 1. The Kier molecular flexibility index (Phi) is 4.21. The molecule has 2 aromatic rings. The summed E-state index contributed by atoms with van der Waals surface area (Å²) in [6.45, 7) is 2.14. The number of hydrogen-bond donors (Lipinski definition) is 1. The second kappa shape index (κ2) is 5.67.